The molecular formula is C27H28N2O6. The monoisotopic (exact) mass is 476 g/mol. The van der Waals surface area contributed by atoms with Gasteiger partial charge in [-0.25, -0.2) is 9.59 Å². The normalized spacial score (nSPS) is 12.1. The van der Waals surface area contributed by atoms with E-state index >= 15 is 0 Å². The van der Waals surface area contributed by atoms with E-state index in [9.17, 15) is 19.5 Å². The van der Waals surface area contributed by atoms with E-state index in [0.717, 1.165) is 11.1 Å². The molecule has 0 bridgehead atoms. The van der Waals surface area contributed by atoms with Gasteiger partial charge in [-0.15, -0.1) is 0 Å². The number of hydrogen-bond donors (Lipinski definition) is 3. The number of rotatable bonds is 11. The molecule has 0 aromatic heterocycles. The number of carboxylic acid groups (broad SMARTS) is 1. The molecule has 0 heterocycles. The van der Waals surface area contributed by atoms with Gasteiger partial charge < -0.3 is 25.2 Å². The van der Waals surface area contributed by atoms with E-state index < -0.39 is 30.1 Å². The molecule has 3 aromatic rings. The van der Waals surface area contributed by atoms with Crippen LogP contribution < -0.4 is 15.4 Å². The molecule has 0 aliphatic heterocycles. The van der Waals surface area contributed by atoms with Crippen molar-refractivity contribution in [3.8, 4) is 5.75 Å². The van der Waals surface area contributed by atoms with Gasteiger partial charge in [0.15, 0.2) is 0 Å². The highest BCUT2D eigenvalue weighted by Crippen LogP contribution is 2.19. The molecule has 182 valence electrons. The van der Waals surface area contributed by atoms with Crippen molar-refractivity contribution >= 4 is 18.0 Å². The Labute approximate surface area is 203 Å². The van der Waals surface area contributed by atoms with Gasteiger partial charge in [0.05, 0.1) is 7.11 Å². The predicted molar refractivity (Wildman–Crippen MR) is 130 cm³/mol. The molecule has 0 aliphatic rings. The van der Waals surface area contributed by atoms with Gasteiger partial charge in [-0.3, -0.25) is 4.79 Å². The largest absolute Gasteiger partial charge is 0.496 e. The fraction of sp³-hybridized carbons (Fsp3) is 0.222. The van der Waals surface area contributed by atoms with Crippen LogP contribution in [0.5, 0.6) is 5.75 Å². The summed E-state index contributed by atoms with van der Waals surface area (Å²) in [6.45, 7) is 0.0396. The van der Waals surface area contributed by atoms with E-state index in [1.807, 2.05) is 60.7 Å². The summed E-state index contributed by atoms with van der Waals surface area (Å²) in [7, 11) is 1.49. The molecule has 0 unspecified atom stereocenters. The minimum absolute atomic E-state index is 0.0155. The highest BCUT2D eigenvalue weighted by atomic mass is 16.5. The second kappa shape index (κ2) is 12.8. The summed E-state index contributed by atoms with van der Waals surface area (Å²) >= 11 is 0. The average Bonchev–Trinajstić information content (AvgIpc) is 2.88. The number of nitrogens with one attached hydrogen (secondary N) is 2. The van der Waals surface area contributed by atoms with Crippen LogP contribution in [-0.4, -0.2) is 42.3 Å². The Balaban J connectivity index is 1.71. The molecule has 3 aromatic carbocycles. The zero-order chi connectivity index (χ0) is 25.0. The first kappa shape index (κ1) is 25.3. The summed E-state index contributed by atoms with van der Waals surface area (Å²) in [4.78, 5) is 37.5. The standard InChI is InChI=1S/C27H28N2O6/c1-34-24-15-9-8-14-21(24)17-23(26(31)32)28-25(30)22(16-19-10-4-2-5-11-19)29-27(33)35-18-20-12-6-3-7-13-20/h2-15,22-23H,16-18H2,1H3,(H,28,30)(H,29,33)(H,31,32)/t22-,23+/m0/s1. The van der Waals surface area contributed by atoms with E-state index in [1.54, 1.807) is 24.3 Å². The van der Waals surface area contributed by atoms with Crippen molar-refractivity contribution in [2.45, 2.75) is 31.5 Å². The van der Waals surface area contributed by atoms with Crippen molar-refractivity contribution in [1.29, 1.82) is 0 Å². The number of alkyl carbamates (subject to hydrolysis) is 1. The van der Waals surface area contributed by atoms with Crippen LogP contribution in [0.15, 0.2) is 84.9 Å². The van der Waals surface area contributed by atoms with Gasteiger partial charge in [0.2, 0.25) is 5.91 Å². The van der Waals surface area contributed by atoms with Crippen LogP contribution in [0.2, 0.25) is 0 Å². The Morgan fingerprint density at radius 2 is 1.37 bits per heavy atom. The van der Waals surface area contributed by atoms with E-state index in [-0.39, 0.29) is 19.4 Å². The first-order valence-corrected chi connectivity index (χ1v) is 11.1. The lowest BCUT2D eigenvalue weighted by Gasteiger charge is -2.22. The van der Waals surface area contributed by atoms with Crippen LogP contribution in [0.25, 0.3) is 0 Å². The lowest BCUT2D eigenvalue weighted by molar-refractivity contribution is -0.142. The molecule has 3 rings (SSSR count). The van der Waals surface area contributed by atoms with Crippen molar-refractivity contribution in [3.05, 3.63) is 102 Å². The molecule has 2 amide bonds. The maximum atomic E-state index is 13.1. The Hall–Kier alpha value is -4.33. The summed E-state index contributed by atoms with van der Waals surface area (Å²) in [5.74, 6) is -1.31. The summed E-state index contributed by atoms with van der Waals surface area (Å²) in [6, 6.07) is 23.0. The number of aliphatic carboxylic acids is 1. The third-order valence-electron chi connectivity index (χ3n) is 5.34. The van der Waals surface area contributed by atoms with E-state index in [1.165, 1.54) is 7.11 Å². The maximum Gasteiger partial charge on any atom is 0.408 e. The number of methoxy groups -OCH3 is 1. The van der Waals surface area contributed by atoms with Crippen LogP contribution in [0.4, 0.5) is 4.79 Å². The van der Waals surface area contributed by atoms with E-state index in [0.29, 0.717) is 11.3 Å². The Morgan fingerprint density at radius 3 is 2.00 bits per heavy atom. The topological polar surface area (TPSA) is 114 Å². The van der Waals surface area contributed by atoms with Crippen LogP contribution in [0, 0.1) is 0 Å². The molecule has 0 spiro atoms. The number of para-hydroxylation sites is 1. The van der Waals surface area contributed by atoms with Crippen LogP contribution in [-0.2, 0) is 33.8 Å². The lowest BCUT2D eigenvalue weighted by Crippen LogP contribution is -2.53. The fourth-order valence-corrected chi connectivity index (χ4v) is 3.53. The number of amides is 2. The van der Waals surface area contributed by atoms with Crippen LogP contribution in [0.1, 0.15) is 16.7 Å². The molecular weight excluding hydrogens is 448 g/mol. The minimum atomic E-state index is -1.22. The zero-order valence-corrected chi connectivity index (χ0v) is 19.3. The number of ether oxygens (including phenoxy) is 2. The first-order valence-electron chi connectivity index (χ1n) is 11.1. The minimum Gasteiger partial charge on any atom is -0.496 e. The third kappa shape index (κ3) is 7.89. The van der Waals surface area contributed by atoms with Crippen molar-refractivity contribution in [1.82, 2.24) is 10.6 Å². The molecule has 0 fully saturated rings. The Kier molecular flexibility index (Phi) is 9.24. The summed E-state index contributed by atoms with van der Waals surface area (Å²) in [5.41, 5.74) is 2.24. The number of benzene rings is 3. The van der Waals surface area contributed by atoms with Crippen molar-refractivity contribution in [2.75, 3.05) is 7.11 Å². The first-order chi connectivity index (χ1) is 17.0. The predicted octanol–water partition coefficient (Wildman–Crippen LogP) is 3.34. The van der Waals surface area contributed by atoms with Gasteiger partial charge in [-0.1, -0.05) is 78.9 Å². The van der Waals surface area contributed by atoms with E-state index in [2.05, 4.69) is 10.6 Å². The van der Waals surface area contributed by atoms with Crippen molar-refractivity contribution in [3.63, 3.8) is 0 Å². The van der Waals surface area contributed by atoms with Crippen LogP contribution >= 0.6 is 0 Å². The molecule has 3 N–H and O–H groups in total. The maximum absolute atomic E-state index is 13.1. The summed E-state index contributed by atoms with van der Waals surface area (Å²) in [6.07, 6.45) is -0.600. The van der Waals surface area contributed by atoms with Gasteiger partial charge in [0.25, 0.3) is 0 Å². The van der Waals surface area contributed by atoms with E-state index in [4.69, 9.17) is 9.47 Å². The number of carbonyl (C=O) groups is 3. The van der Waals surface area contributed by atoms with Gasteiger partial charge in [0, 0.05) is 12.8 Å². The molecule has 0 aliphatic carbocycles. The molecule has 0 saturated heterocycles. The third-order valence-corrected chi connectivity index (χ3v) is 5.34. The Morgan fingerprint density at radius 1 is 0.771 bits per heavy atom. The fourth-order valence-electron chi connectivity index (χ4n) is 3.53. The summed E-state index contributed by atoms with van der Waals surface area (Å²) in [5, 5.41) is 14.9. The SMILES string of the molecule is COc1ccccc1C[C@@H](NC(=O)[C@H](Cc1ccccc1)NC(=O)OCc1ccccc1)C(=O)O. The molecule has 35 heavy (non-hydrogen) atoms. The molecule has 0 radical (unpaired) electrons. The molecule has 8 heteroatoms. The average molecular weight is 477 g/mol. The quantitative estimate of drug-likeness (QED) is 0.391. The highest BCUT2D eigenvalue weighted by Gasteiger charge is 2.28. The second-order valence-electron chi connectivity index (χ2n) is 7.86. The van der Waals surface area contributed by atoms with Gasteiger partial charge in [-0.05, 0) is 22.8 Å². The Bertz CT molecular complexity index is 1120. The highest BCUT2D eigenvalue weighted by molar-refractivity contribution is 5.89. The zero-order valence-electron chi connectivity index (χ0n) is 19.3. The smallest absolute Gasteiger partial charge is 0.408 e. The number of carbonyl (C=O) groups excluding carboxylic acids is 2. The van der Waals surface area contributed by atoms with Crippen LogP contribution in [0.3, 0.4) is 0 Å². The van der Waals surface area contributed by atoms with Gasteiger partial charge >= 0.3 is 12.1 Å². The summed E-state index contributed by atoms with van der Waals surface area (Å²) < 4.78 is 10.6. The van der Waals surface area contributed by atoms with Gasteiger partial charge in [0.1, 0.15) is 24.4 Å². The molecule has 8 nitrogen and oxygen atoms in total. The number of carboxylic acids is 1. The second-order valence-corrected chi connectivity index (χ2v) is 7.86. The van der Waals surface area contributed by atoms with Crippen molar-refractivity contribution < 1.29 is 29.0 Å². The lowest BCUT2D eigenvalue weighted by atomic mass is 10.0. The molecule has 2 atom stereocenters. The number of hydrogen-bond acceptors (Lipinski definition) is 5. The van der Waals surface area contributed by atoms with Crippen molar-refractivity contribution in [2.24, 2.45) is 0 Å². The molecule has 0 saturated carbocycles. The van der Waals surface area contributed by atoms with Gasteiger partial charge in [-0.2, -0.15) is 0 Å².